The third-order valence-electron chi connectivity index (χ3n) is 4.21. The summed E-state index contributed by atoms with van der Waals surface area (Å²) >= 11 is 0. The first-order valence-electron chi connectivity index (χ1n) is 6.91. The molecule has 18 heavy (non-hydrogen) atoms. The van der Waals surface area contributed by atoms with E-state index in [1.54, 1.807) is 0 Å². The van der Waals surface area contributed by atoms with Crippen LogP contribution in [-0.2, 0) is 0 Å². The van der Waals surface area contributed by atoms with Gasteiger partial charge >= 0.3 is 0 Å². The van der Waals surface area contributed by atoms with Gasteiger partial charge in [-0.25, -0.2) is 0 Å². The molecule has 2 heterocycles. The Hall–Kier alpha value is -1.35. The average molecular weight is 244 g/mol. The molecule has 0 N–H and O–H groups in total. The molecule has 0 saturated carbocycles. The van der Waals surface area contributed by atoms with Gasteiger partial charge in [0.15, 0.2) is 6.29 Å². The Morgan fingerprint density at radius 1 is 1.11 bits per heavy atom. The third kappa shape index (κ3) is 2.15. The maximum atomic E-state index is 11.1. The molecule has 0 radical (unpaired) electrons. The number of aldehydes is 1. The summed E-state index contributed by atoms with van der Waals surface area (Å²) in [5, 5.41) is 0. The molecule has 2 fully saturated rings. The Morgan fingerprint density at radius 2 is 1.94 bits per heavy atom. The van der Waals surface area contributed by atoms with Crippen LogP contribution in [0.5, 0.6) is 0 Å². The van der Waals surface area contributed by atoms with Crippen LogP contribution >= 0.6 is 0 Å². The van der Waals surface area contributed by atoms with Crippen LogP contribution in [0.25, 0.3) is 0 Å². The number of fused-ring (bicyclic) bond motifs is 1. The van der Waals surface area contributed by atoms with Gasteiger partial charge < -0.3 is 4.90 Å². The Balaban J connectivity index is 1.84. The maximum absolute atomic E-state index is 11.1. The van der Waals surface area contributed by atoms with E-state index in [0.29, 0.717) is 6.04 Å². The second kappa shape index (κ2) is 5.11. The Labute approximate surface area is 108 Å². The fraction of sp³-hybridized carbons (Fsp3) is 0.533. The molecule has 3 nitrogen and oxygen atoms in total. The van der Waals surface area contributed by atoms with Crippen molar-refractivity contribution in [1.82, 2.24) is 4.90 Å². The van der Waals surface area contributed by atoms with Crippen molar-refractivity contribution < 1.29 is 4.79 Å². The van der Waals surface area contributed by atoms with Crippen LogP contribution in [0, 0.1) is 0 Å². The van der Waals surface area contributed by atoms with Crippen molar-refractivity contribution in [3.63, 3.8) is 0 Å². The van der Waals surface area contributed by atoms with Crippen molar-refractivity contribution in [2.45, 2.75) is 25.3 Å². The van der Waals surface area contributed by atoms with Gasteiger partial charge in [-0.2, -0.15) is 0 Å². The molecule has 1 atom stereocenters. The molecular formula is C15H20N2O. The Morgan fingerprint density at radius 3 is 2.83 bits per heavy atom. The molecule has 3 heteroatoms. The number of benzene rings is 1. The first kappa shape index (κ1) is 11.7. The molecule has 0 amide bonds. The van der Waals surface area contributed by atoms with Gasteiger partial charge in [0, 0.05) is 36.9 Å². The van der Waals surface area contributed by atoms with Crippen LogP contribution in [0.3, 0.4) is 0 Å². The van der Waals surface area contributed by atoms with E-state index in [2.05, 4.69) is 15.9 Å². The van der Waals surface area contributed by atoms with E-state index < -0.39 is 0 Å². The molecule has 0 aliphatic carbocycles. The Bertz CT molecular complexity index is 432. The van der Waals surface area contributed by atoms with Crippen LogP contribution < -0.4 is 4.90 Å². The van der Waals surface area contributed by atoms with Gasteiger partial charge in [0.25, 0.3) is 0 Å². The van der Waals surface area contributed by atoms with Crippen molar-refractivity contribution in [3.8, 4) is 0 Å². The summed E-state index contributed by atoms with van der Waals surface area (Å²) < 4.78 is 0. The van der Waals surface area contributed by atoms with E-state index in [0.717, 1.165) is 30.6 Å². The van der Waals surface area contributed by atoms with Gasteiger partial charge in [-0.1, -0.05) is 12.1 Å². The van der Waals surface area contributed by atoms with E-state index in [9.17, 15) is 4.79 Å². The zero-order chi connectivity index (χ0) is 12.4. The lowest BCUT2D eigenvalue weighted by atomic mass is 10.1. The standard InChI is InChI=1S/C15H20N2O/c18-12-13-5-1-2-7-15(13)17-10-4-9-16-8-3-6-14(16)11-17/h1-2,5,7,12,14H,3-4,6,8-11H2. The maximum Gasteiger partial charge on any atom is 0.152 e. The first-order chi connectivity index (χ1) is 8.88. The number of anilines is 1. The first-order valence-corrected chi connectivity index (χ1v) is 6.91. The molecule has 96 valence electrons. The normalized spacial score (nSPS) is 24.7. The van der Waals surface area contributed by atoms with E-state index in [1.165, 1.54) is 32.4 Å². The quantitative estimate of drug-likeness (QED) is 0.745. The van der Waals surface area contributed by atoms with E-state index in [4.69, 9.17) is 0 Å². The van der Waals surface area contributed by atoms with Gasteiger partial charge in [-0.15, -0.1) is 0 Å². The van der Waals surface area contributed by atoms with Crippen LogP contribution in [0.1, 0.15) is 29.6 Å². The van der Waals surface area contributed by atoms with Crippen LogP contribution in [0.2, 0.25) is 0 Å². The molecule has 2 saturated heterocycles. The fourth-order valence-electron chi connectivity index (χ4n) is 3.30. The van der Waals surface area contributed by atoms with Crippen molar-refractivity contribution in [1.29, 1.82) is 0 Å². The van der Waals surface area contributed by atoms with Gasteiger partial charge in [-0.3, -0.25) is 9.69 Å². The largest absolute Gasteiger partial charge is 0.369 e. The molecule has 0 aromatic heterocycles. The predicted molar refractivity (Wildman–Crippen MR) is 73.3 cm³/mol. The van der Waals surface area contributed by atoms with Gasteiger partial charge in [0.2, 0.25) is 0 Å². The third-order valence-corrected chi connectivity index (χ3v) is 4.21. The van der Waals surface area contributed by atoms with E-state index in [-0.39, 0.29) is 0 Å². The molecule has 1 unspecified atom stereocenters. The summed E-state index contributed by atoms with van der Waals surface area (Å²) in [4.78, 5) is 16.2. The lowest BCUT2D eigenvalue weighted by Gasteiger charge is -2.28. The summed E-state index contributed by atoms with van der Waals surface area (Å²) in [5.41, 5.74) is 1.94. The minimum absolute atomic E-state index is 0.687. The molecule has 2 aliphatic heterocycles. The number of hydrogen-bond acceptors (Lipinski definition) is 3. The van der Waals surface area contributed by atoms with Gasteiger partial charge in [0.1, 0.15) is 0 Å². The highest BCUT2D eigenvalue weighted by atomic mass is 16.1. The lowest BCUT2D eigenvalue weighted by molar-refractivity contribution is 0.112. The molecule has 0 bridgehead atoms. The monoisotopic (exact) mass is 244 g/mol. The number of carbonyl (C=O) groups is 1. The summed E-state index contributed by atoms with van der Waals surface area (Å²) in [6.07, 6.45) is 4.81. The van der Waals surface area contributed by atoms with Crippen molar-refractivity contribution in [2.75, 3.05) is 31.1 Å². The van der Waals surface area contributed by atoms with Crippen LogP contribution in [-0.4, -0.2) is 43.4 Å². The summed E-state index contributed by atoms with van der Waals surface area (Å²) in [6, 6.07) is 8.65. The highest BCUT2D eigenvalue weighted by Gasteiger charge is 2.29. The molecule has 1 aromatic carbocycles. The van der Waals surface area contributed by atoms with Crippen LogP contribution in [0.15, 0.2) is 24.3 Å². The van der Waals surface area contributed by atoms with Crippen molar-refractivity contribution in [2.24, 2.45) is 0 Å². The topological polar surface area (TPSA) is 23.6 Å². The SMILES string of the molecule is O=Cc1ccccc1N1CCCN2CCCC2C1. The molecular weight excluding hydrogens is 224 g/mol. The van der Waals surface area contributed by atoms with Crippen molar-refractivity contribution >= 4 is 12.0 Å². The highest BCUT2D eigenvalue weighted by Crippen LogP contribution is 2.26. The molecule has 3 rings (SSSR count). The van der Waals surface area contributed by atoms with Crippen molar-refractivity contribution in [3.05, 3.63) is 29.8 Å². The molecule has 0 spiro atoms. The summed E-state index contributed by atoms with van der Waals surface area (Å²) in [6.45, 7) is 4.61. The smallest absolute Gasteiger partial charge is 0.152 e. The van der Waals surface area contributed by atoms with Gasteiger partial charge in [-0.05, 0) is 37.9 Å². The minimum atomic E-state index is 0.687. The zero-order valence-electron chi connectivity index (χ0n) is 10.7. The summed E-state index contributed by atoms with van der Waals surface area (Å²) in [7, 11) is 0. The lowest BCUT2D eigenvalue weighted by Crippen LogP contribution is -2.36. The molecule has 1 aromatic rings. The average Bonchev–Trinajstić information content (AvgIpc) is 2.76. The Kier molecular flexibility index (Phi) is 3.33. The highest BCUT2D eigenvalue weighted by molar-refractivity contribution is 5.84. The second-order valence-electron chi connectivity index (χ2n) is 5.31. The number of nitrogens with zero attached hydrogens (tertiary/aromatic N) is 2. The van der Waals surface area contributed by atoms with E-state index >= 15 is 0 Å². The molecule has 2 aliphatic rings. The number of rotatable bonds is 2. The second-order valence-corrected chi connectivity index (χ2v) is 5.31. The zero-order valence-corrected chi connectivity index (χ0v) is 10.7. The fourth-order valence-corrected chi connectivity index (χ4v) is 3.30. The predicted octanol–water partition coefficient (Wildman–Crippen LogP) is 2.17. The number of para-hydroxylation sites is 1. The van der Waals surface area contributed by atoms with Crippen LogP contribution in [0.4, 0.5) is 5.69 Å². The van der Waals surface area contributed by atoms with E-state index in [1.807, 2.05) is 18.2 Å². The minimum Gasteiger partial charge on any atom is -0.369 e. The van der Waals surface area contributed by atoms with Gasteiger partial charge in [0.05, 0.1) is 0 Å². The number of hydrogen-bond donors (Lipinski definition) is 0. The summed E-state index contributed by atoms with van der Waals surface area (Å²) in [5.74, 6) is 0. The number of carbonyl (C=O) groups excluding carboxylic acids is 1.